The Morgan fingerprint density at radius 2 is 1.47 bits per heavy atom. The Morgan fingerprint density at radius 1 is 0.941 bits per heavy atom. The highest BCUT2D eigenvalue weighted by molar-refractivity contribution is 5.67. The van der Waals surface area contributed by atoms with Gasteiger partial charge in [0.25, 0.3) is 0 Å². The predicted octanol–water partition coefficient (Wildman–Crippen LogP) is 1.91. The molecule has 3 nitrogen and oxygen atoms in total. The predicted molar refractivity (Wildman–Crippen MR) is 70.0 cm³/mol. The van der Waals surface area contributed by atoms with Gasteiger partial charge in [-0.3, -0.25) is 4.79 Å². The summed E-state index contributed by atoms with van der Waals surface area (Å²) in [7, 11) is 0. The Bertz CT molecular complexity index is 455. The number of amides is 1. The van der Waals surface area contributed by atoms with Gasteiger partial charge in [-0.1, -0.05) is 54.6 Å². The van der Waals surface area contributed by atoms with Gasteiger partial charge in [0.15, 0.2) is 0 Å². The summed E-state index contributed by atoms with van der Waals surface area (Å²) in [6.07, 6.45) is 0.250. The SMILES string of the molecule is NC=O.NCc1ccccc1-c1ccccc1. The molecule has 0 aliphatic carbocycles. The van der Waals surface area contributed by atoms with Crippen LogP contribution >= 0.6 is 0 Å². The van der Waals surface area contributed by atoms with Crippen LogP contribution < -0.4 is 11.5 Å². The first-order chi connectivity index (χ1) is 8.33. The van der Waals surface area contributed by atoms with Crippen LogP contribution in [0.5, 0.6) is 0 Å². The maximum atomic E-state index is 8.58. The number of primary amides is 1. The molecule has 4 N–H and O–H groups in total. The van der Waals surface area contributed by atoms with Crippen LogP contribution in [0.1, 0.15) is 5.56 Å². The molecule has 0 saturated heterocycles. The standard InChI is InChI=1S/C13H13N.CH3NO/c14-10-12-8-4-5-9-13(12)11-6-2-1-3-7-11;2-1-3/h1-9H,10,14H2;1H,(H2,2,3). The molecule has 0 aromatic heterocycles. The lowest BCUT2D eigenvalue weighted by Gasteiger charge is -2.06. The number of hydrogen-bond acceptors (Lipinski definition) is 2. The van der Waals surface area contributed by atoms with Gasteiger partial charge in [-0.15, -0.1) is 0 Å². The number of nitrogens with two attached hydrogens (primary N) is 2. The maximum absolute atomic E-state index is 8.58. The number of carbonyl (C=O) groups excluding carboxylic acids is 1. The molecule has 0 unspecified atom stereocenters. The summed E-state index contributed by atoms with van der Waals surface area (Å²) in [6.45, 7) is 0.588. The fourth-order valence-corrected chi connectivity index (χ4v) is 1.60. The molecule has 88 valence electrons. The molecule has 0 saturated carbocycles. The molecule has 17 heavy (non-hydrogen) atoms. The first kappa shape index (κ1) is 12.9. The van der Waals surface area contributed by atoms with E-state index in [2.05, 4.69) is 30.0 Å². The van der Waals surface area contributed by atoms with Gasteiger partial charge in [-0.2, -0.15) is 0 Å². The zero-order valence-corrected chi connectivity index (χ0v) is 9.54. The van der Waals surface area contributed by atoms with Crippen molar-refractivity contribution in [2.45, 2.75) is 6.54 Å². The monoisotopic (exact) mass is 228 g/mol. The molecule has 0 atom stereocenters. The minimum absolute atomic E-state index is 0.250. The van der Waals surface area contributed by atoms with E-state index in [0.717, 1.165) is 0 Å². The molecule has 2 aromatic rings. The lowest BCUT2D eigenvalue weighted by Crippen LogP contribution is -1.98. The summed E-state index contributed by atoms with van der Waals surface area (Å²) in [4.78, 5) is 8.58. The van der Waals surface area contributed by atoms with Gasteiger partial charge in [0, 0.05) is 6.54 Å². The largest absolute Gasteiger partial charge is 0.372 e. The zero-order chi connectivity index (χ0) is 12.5. The zero-order valence-electron chi connectivity index (χ0n) is 9.54. The third-order valence-corrected chi connectivity index (χ3v) is 2.32. The van der Waals surface area contributed by atoms with Crippen molar-refractivity contribution in [3.8, 4) is 11.1 Å². The molecule has 2 aromatic carbocycles. The van der Waals surface area contributed by atoms with Gasteiger partial charge in [-0.05, 0) is 16.7 Å². The molecular weight excluding hydrogens is 212 g/mol. The smallest absolute Gasteiger partial charge is 0.204 e. The second-order valence-electron chi connectivity index (χ2n) is 3.36. The minimum Gasteiger partial charge on any atom is -0.372 e. The molecule has 0 aliphatic heterocycles. The number of benzene rings is 2. The summed E-state index contributed by atoms with van der Waals surface area (Å²) >= 11 is 0. The van der Waals surface area contributed by atoms with Crippen molar-refractivity contribution >= 4 is 6.41 Å². The van der Waals surface area contributed by atoms with Crippen molar-refractivity contribution in [2.75, 3.05) is 0 Å². The Balaban J connectivity index is 0.000000437. The highest BCUT2D eigenvalue weighted by Gasteiger charge is 2.00. The molecule has 0 heterocycles. The average molecular weight is 228 g/mol. The van der Waals surface area contributed by atoms with Crippen molar-refractivity contribution in [2.24, 2.45) is 11.5 Å². The summed E-state index contributed by atoms with van der Waals surface area (Å²) < 4.78 is 0. The van der Waals surface area contributed by atoms with Crippen LogP contribution in [-0.4, -0.2) is 6.41 Å². The Kier molecular flexibility index (Phi) is 5.47. The van der Waals surface area contributed by atoms with Crippen LogP contribution in [0.15, 0.2) is 54.6 Å². The molecule has 0 aliphatic rings. The lowest BCUT2D eigenvalue weighted by molar-refractivity contribution is -0.106. The molecule has 0 fully saturated rings. The minimum atomic E-state index is 0.250. The van der Waals surface area contributed by atoms with Gasteiger partial charge < -0.3 is 11.5 Å². The third-order valence-electron chi connectivity index (χ3n) is 2.32. The number of carbonyl (C=O) groups is 1. The molecule has 3 heteroatoms. The number of hydrogen-bond donors (Lipinski definition) is 2. The van der Waals surface area contributed by atoms with E-state index in [1.54, 1.807) is 0 Å². The highest BCUT2D eigenvalue weighted by Crippen LogP contribution is 2.22. The maximum Gasteiger partial charge on any atom is 0.204 e. The average Bonchev–Trinajstić information content (AvgIpc) is 2.40. The van der Waals surface area contributed by atoms with Crippen LogP contribution in [0.3, 0.4) is 0 Å². The van der Waals surface area contributed by atoms with E-state index in [-0.39, 0.29) is 6.41 Å². The van der Waals surface area contributed by atoms with Crippen molar-refractivity contribution in [1.82, 2.24) is 0 Å². The van der Waals surface area contributed by atoms with Crippen LogP contribution in [0.4, 0.5) is 0 Å². The Morgan fingerprint density at radius 3 is 2.06 bits per heavy atom. The van der Waals surface area contributed by atoms with Gasteiger partial charge in [0.1, 0.15) is 0 Å². The fourth-order valence-electron chi connectivity index (χ4n) is 1.60. The van der Waals surface area contributed by atoms with E-state index < -0.39 is 0 Å². The van der Waals surface area contributed by atoms with E-state index in [0.29, 0.717) is 6.54 Å². The lowest BCUT2D eigenvalue weighted by atomic mass is 10.00. The quantitative estimate of drug-likeness (QED) is 0.771. The van der Waals surface area contributed by atoms with Gasteiger partial charge in [-0.25, -0.2) is 0 Å². The molecule has 0 bridgehead atoms. The molecule has 0 radical (unpaired) electrons. The van der Waals surface area contributed by atoms with Gasteiger partial charge in [0.05, 0.1) is 0 Å². The van der Waals surface area contributed by atoms with Crippen LogP contribution in [-0.2, 0) is 11.3 Å². The van der Waals surface area contributed by atoms with Gasteiger partial charge in [0.2, 0.25) is 6.41 Å². The molecule has 2 rings (SSSR count). The van der Waals surface area contributed by atoms with Crippen molar-refractivity contribution in [1.29, 1.82) is 0 Å². The first-order valence-corrected chi connectivity index (χ1v) is 5.32. The summed E-state index contributed by atoms with van der Waals surface area (Å²) in [5.41, 5.74) is 13.5. The number of rotatable bonds is 2. The Labute approximate surface area is 101 Å². The van der Waals surface area contributed by atoms with E-state index in [4.69, 9.17) is 10.5 Å². The molecule has 0 spiro atoms. The van der Waals surface area contributed by atoms with Gasteiger partial charge >= 0.3 is 0 Å². The second kappa shape index (κ2) is 7.19. The van der Waals surface area contributed by atoms with Crippen molar-refractivity contribution < 1.29 is 4.79 Å². The third kappa shape index (κ3) is 3.74. The normalized spacial score (nSPS) is 9.00. The first-order valence-electron chi connectivity index (χ1n) is 5.32. The summed E-state index contributed by atoms with van der Waals surface area (Å²) in [6, 6.07) is 18.6. The second-order valence-corrected chi connectivity index (χ2v) is 3.36. The van der Waals surface area contributed by atoms with Crippen molar-refractivity contribution in [3.63, 3.8) is 0 Å². The van der Waals surface area contributed by atoms with E-state index in [1.165, 1.54) is 16.7 Å². The summed E-state index contributed by atoms with van der Waals surface area (Å²) in [5.74, 6) is 0. The highest BCUT2D eigenvalue weighted by atomic mass is 16.1. The van der Waals surface area contributed by atoms with Crippen LogP contribution in [0.25, 0.3) is 11.1 Å². The van der Waals surface area contributed by atoms with Crippen LogP contribution in [0.2, 0.25) is 0 Å². The fraction of sp³-hybridized carbons (Fsp3) is 0.0714. The van der Waals surface area contributed by atoms with E-state index in [1.807, 2.05) is 30.3 Å². The molecular formula is C14H16N2O. The molecule has 1 amide bonds. The topological polar surface area (TPSA) is 69.1 Å². The summed E-state index contributed by atoms with van der Waals surface area (Å²) in [5, 5.41) is 0. The van der Waals surface area contributed by atoms with E-state index >= 15 is 0 Å². The van der Waals surface area contributed by atoms with Crippen LogP contribution in [0, 0.1) is 0 Å². The van der Waals surface area contributed by atoms with Crippen molar-refractivity contribution in [3.05, 3.63) is 60.2 Å². The Hall–Kier alpha value is -2.13. The van der Waals surface area contributed by atoms with E-state index in [9.17, 15) is 0 Å².